The Morgan fingerprint density at radius 2 is 2.03 bits per heavy atom. The van der Waals surface area contributed by atoms with Gasteiger partial charge in [-0.3, -0.25) is 0 Å². The Balaban J connectivity index is 1.26. The lowest BCUT2D eigenvalue weighted by Crippen LogP contribution is -2.36. The SMILES string of the molecule is COCCOC1(c2nn[nH]n2)CCC(c2cc(N)n3ncc(-c4cnn(C5=CC=CC=CC5)c4)c3n2)CC1. The van der Waals surface area contributed by atoms with Crippen molar-refractivity contribution in [3.05, 3.63) is 66.6 Å². The van der Waals surface area contributed by atoms with Crippen molar-refractivity contribution in [2.45, 2.75) is 43.6 Å². The Morgan fingerprint density at radius 3 is 2.84 bits per heavy atom. The van der Waals surface area contributed by atoms with E-state index in [2.05, 4.69) is 43.0 Å². The Bertz CT molecular complexity index is 1490. The van der Waals surface area contributed by atoms with Gasteiger partial charge >= 0.3 is 0 Å². The predicted molar refractivity (Wildman–Crippen MR) is 141 cm³/mol. The van der Waals surface area contributed by atoms with E-state index >= 15 is 0 Å². The third kappa shape index (κ3) is 4.52. The molecule has 2 aliphatic carbocycles. The van der Waals surface area contributed by atoms with E-state index in [4.69, 9.17) is 20.2 Å². The Kier molecular flexibility index (Phi) is 6.56. The van der Waals surface area contributed by atoms with Crippen LogP contribution in [0.4, 0.5) is 5.82 Å². The van der Waals surface area contributed by atoms with E-state index in [1.54, 1.807) is 17.8 Å². The number of rotatable bonds is 8. The fourth-order valence-corrected chi connectivity index (χ4v) is 5.26. The summed E-state index contributed by atoms with van der Waals surface area (Å²) in [5, 5.41) is 23.9. The summed E-state index contributed by atoms with van der Waals surface area (Å²) in [7, 11) is 1.66. The number of anilines is 1. The topological polar surface area (TPSA) is 147 Å². The van der Waals surface area contributed by atoms with E-state index in [9.17, 15) is 0 Å². The molecule has 4 aromatic rings. The van der Waals surface area contributed by atoms with Crippen LogP contribution in [0.15, 0.2) is 55.0 Å². The standard InChI is InChI=1S/C26H30N10O2/c1-37-12-13-38-26(25-31-33-34-32-25)10-8-18(9-11-26)22-14-23(27)36-24(30-22)21(16-29-36)19-15-28-35(17-19)20-6-4-2-3-5-7-20/h2-6,14-18H,7-13,27H2,1H3,(H,31,32,33,34). The minimum Gasteiger partial charge on any atom is -0.384 e. The molecular formula is C26H30N10O2. The third-order valence-corrected chi connectivity index (χ3v) is 7.31. The minimum absolute atomic E-state index is 0.216. The van der Waals surface area contributed by atoms with Crippen molar-refractivity contribution in [3.8, 4) is 11.1 Å². The monoisotopic (exact) mass is 514 g/mol. The molecule has 0 radical (unpaired) electrons. The Hall–Kier alpha value is -4.16. The number of nitrogen functional groups attached to an aromatic ring is 1. The number of nitrogens with two attached hydrogens (primary N) is 1. The maximum absolute atomic E-state index is 6.45. The molecule has 6 rings (SSSR count). The van der Waals surface area contributed by atoms with Crippen LogP contribution in [0.2, 0.25) is 0 Å². The summed E-state index contributed by atoms with van der Waals surface area (Å²) in [5.74, 6) is 1.35. The van der Waals surface area contributed by atoms with Gasteiger partial charge in [0.1, 0.15) is 11.4 Å². The maximum atomic E-state index is 6.45. The number of H-pyrrole nitrogens is 1. The molecule has 0 aliphatic heterocycles. The highest BCUT2D eigenvalue weighted by atomic mass is 16.5. The van der Waals surface area contributed by atoms with Gasteiger partial charge in [-0.05, 0) is 31.8 Å². The second-order valence-corrected chi connectivity index (χ2v) is 9.59. The van der Waals surface area contributed by atoms with Gasteiger partial charge in [0, 0.05) is 54.2 Å². The molecule has 0 aromatic carbocycles. The molecular weight excluding hydrogens is 484 g/mol. The first-order valence-corrected chi connectivity index (χ1v) is 12.8. The zero-order chi connectivity index (χ0) is 26.0. The van der Waals surface area contributed by atoms with Crippen molar-refractivity contribution in [3.63, 3.8) is 0 Å². The average Bonchev–Trinajstić information content (AvgIpc) is 3.68. The first kappa shape index (κ1) is 24.2. The molecule has 12 nitrogen and oxygen atoms in total. The number of allylic oxidation sites excluding steroid dienone is 6. The van der Waals surface area contributed by atoms with Gasteiger partial charge in [0.25, 0.3) is 0 Å². The highest BCUT2D eigenvalue weighted by Crippen LogP contribution is 2.44. The summed E-state index contributed by atoms with van der Waals surface area (Å²) in [6, 6.07) is 1.93. The van der Waals surface area contributed by atoms with Gasteiger partial charge < -0.3 is 15.2 Å². The van der Waals surface area contributed by atoms with E-state index in [0.717, 1.165) is 60.3 Å². The zero-order valence-corrected chi connectivity index (χ0v) is 21.2. The lowest BCUT2D eigenvalue weighted by Gasteiger charge is -2.37. The molecule has 1 saturated carbocycles. The number of nitrogens with zero attached hydrogens (tertiary/aromatic N) is 8. The molecule has 0 bridgehead atoms. The number of methoxy groups -OCH3 is 1. The number of fused-ring (bicyclic) bond motifs is 1. The van der Waals surface area contributed by atoms with Crippen LogP contribution in [0, 0.1) is 0 Å². The fraction of sp³-hybridized carbons (Fsp3) is 0.385. The van der Waals surface area contributed by atoms with Crippen molar-refractivity contribution in [2.75, 3.05) is 26.1 Å². The van der Waals surface area contributed by atoms with Crippen molar-refractivity contribution in [2.24, 2.45) is 0 Å². The molecule has 4 aromatic heterocycles. The lowest BCUT2D eigenvalue weighted by molar-refractivity contribution is -0.0978. The zero-order valence-electron chi connectivity index (χ0n) is 21.2. The summed E-state index contributed by atoms with van der Waals surface area (Å²) in [5.41, 5.74) is 10.5. The molecule has 0 spiro atoms. The number of aromatic nitrogens is 9. The first-order chi connectivity index (χ1) is 18.7. The van der Waals surface area contributed by atoms with Crippen molar-refractivity contribution in [1.82, 2.24) is 45.0 Å². The number of nitrogens with one attached hydrogen (secondary N) is 1. The summed E-state index contributed by atoms with van der Waals surface area (Å²) >= 11 is 0. The molecule has 38 heavy (non-hydrogen) atoms. The van der Waals surface area contributed by atoms with Gasteiger partial charge in [-0.15, -0.1) is 10.2 Å². The van der Waals surface area contributed by atoms with Crippen molar-refractivity contribution < 1.29 is 9.47 Å². The molecule has 2 aliphatic rings. The second-order valence-electron chi connectivity index (χ2n) is 9.59. The molecule has 4 heterocycles. The van der Waals surface area contributed by atoms with Gasteiger partial charge in [-0.2, -0.15) is 19.9 Å². The van der Waals surface area contributed by atoms with Gasteiger partial charge in [0.05, 0.1) is 25.6 Å². The van der Waals surface area contributed by atoms with Crippen LogP contribution in [-0.4, -0.2) is 65.3 Å². The highest BCUT2D eigenvalue weighted by Gasteiger charge is 2.42. The first-order valence-electron chi connectivity index (χ1n) is 12.8. The van der Waals surface area contributed by atoms with Crippen molar-refractivity contribution in [1.29, 1.82) is 0 Å². The summed E-state index contributed by atoms with van der Waals surface area (Å²) in [4.78, 5) is 5.05. The molecule has 0 unspecified atom stereocenters. The summed E-state index contributed by atoms with van der Waals surface area (Å²) in [6.45, 7) is 0.965. The molecule has 3 N–H and O–H groups in total. The van der Waals surface area contributed by atoms with Crippen LogP contribution < -0.4 is 5.73 Å². The molecule has 0 saturated heterocycles. The van der Waals surface area contributed by atoms with E-state index < -0.39 is 5.60 Å². The Labute approximate surface area is 219 Å². The summed E-state index contributed by atoms with van der Waals surface area (Å²) < 4.78 is 15.0. The number of ether oxygens (including phenoxy) is 2. The minimum atomic E-state index is -0.592. The van der Waals surface area contributed by atoms with Crippen LogP contribution in [0.3, 0.4) is 0 Å². The number of hydrogen-bond donors (Lipinski definition) is 2. The number of tetrazole rings is 1. The van der Waals surface area contributed by atoms with Crippen LogP contribution in [0.25, 0.3) is 22.5 Å². The smallest absolute Gasteiger partial charge is 0.206 e. The normalized spacial score (nSPS) is 21.6. The second kappa shape index (κ2) is 10.3. The average molecular weight is 515 g/mol. The molecule has 196 valence electrons. The predicted octanol–water partition coefficient (Wildman–Crippen LogP) is 3.26. The van der Waals surface area contributed by atoms with Crippen LogP contribution in [0.5, 0.6) is 0 Å². The number of hydrogen-bond acceptors (Lipinski definition) is 9. The van der Waals surface area contributed by atoms with E-state index in [0.29, 0.717) is 24.9 Å². The van der Waals surface area contributed by atoms with Gasteiger partial charge in [0.15, 0.2) is 5.65 Å². The van der Waals surface area contributed by atoms with Gasteiger partial charge in [0.2, 0.25) is 5.82 Å². The highest BCUT2D eigenvalue weighted by molar-refractivity contribution is 5.77. The van der Waals surface area contributed by atoms with Crippen LogP contribution in [0.1, 0.15) is 49.5 Å². The van der Waals surface area contributed by atoms with Crippen LogP contribution >= 0.6 is 0 Å². The Morgan fingerprint density at radius 1 is 1.13 bits per heavy atom. The quantitative estimate of drug-likeness (QED) is 0.338. The van der Waals surface area contributed by atoms with Gasteiger partial charge in [-0.1, -0.05) is 29.5 Å². The van der Waals surface area contributed by atoms with E-state index in [-0.39, 0.29) is 5.92 Å². The molecule has 0 atom stereocenters. The number of aromatic amines is 1. The van der Waals surface area contributed by atoms with E-state index in [1.807, 2.05) is 41.4 Å². The molecule has 0 amide bonds. The third-order valence-electron chi connectivity index (χ3n) is 7.31. The van der Waals surface area contributed by atoms with Crippen molar-refractivity contribution >= 4 is 17.2 Å². The van der Waals surface area contributed by atoms with E-state index in [1.165, 1.54) is 0 Å². The fourth-order valence-electron chi connectivity index (χ4n) is 5.26. The largest absolute Gasteiger partial charge is 0.384 e. The summed E-state index contributed by atoms with van der Waals surface area (Å²) in [6.07, 6.45) is 19.9. The maximum Gasteiger partial charge on any atom is 0.206 e. The van der Waals surface area contributed by atoms with Crippen LogP contribution in [-0.2, 0) is 15.1 Å². The lowest BCUT2D eigenvalue weighted by atomic mass is 9.77. The van der Waals surface area contributed by atoms with Gasteiger partial charge in [-0.25, -0.2) is 9.67 Å². The molecule has 1 fully saturated rings. The molecule has 12 heteroatoms.